The number of nitrogens with zero attached hydrogens (tertiary/aromatic N) is 3. The van der Waals surface area contributed by atoms with Crippen molar-refractivity contribution in [2.45, 2.75) is 13.3 Å². The maximum atomic E-state index is 9.48. The van der Waals surface area contributed by atoms with Crippen LogP contribution in [0.3, 0.4) is 0 Å². The number of hydrogen-bond donors (Lipinski definition) is 1. The van der Waals surface area contributed by atoms with Crippen molar-refractivity contribution < 1.29 is 9.47 Å². The van der Waals surface area contributed by atoms with Crippen molar-refractivity contribution in [3.8, 4) is 28.8 Å². The molecule has 142 valence electrons. The molecule has 7 heteroatoms. The molecule has 0 radical (unpaired) electrons. The van der Waals surface area contributed by atoms with Gasteiger partial charge in [0.05, 0.1) is 25.6 Å². The van der Waals surface area contributed by atoms with E-state index in [2.05, 4.69) is 28.5 Å². The van der Waals surface area contributed by atoms with Crippen LogP contribution < -0.4 is 14.9 Å². The van der Waals surface area contributed by atoms with Gasteiger partial charge in [-0.15, -0.1) is 11.3 Å². The summed E-state index contributed by atoms with van der Waals surface area (Å²) in [4.78, 5) is 4.55. The van der Waals surface area contributed by atoms with Gasteiger partial charge in [-0.05, 0) is 42.3 Å². The number of nitriles is 1. The summed E-state index contributed by atoms with van der Waals surface area (Å²) in [6, 6.07) is 15.6. The molecule has 1 N–H and O–H groups in total. The third kappa shape index (κ3) is 4.30. The van der Waals surface area contributed by atoms with Crippen molar-refractivity contribution in [2.75, 3.05) is 19.6 Å². The van der Waals surface area contributed by atoms with Gasteiger partial charge in [0.2, 0.25) is 0 Å². The highest BCUT2D eigenvalue weighted by molar-refractivity contribution is 7.12. The fraction of sp³-hybridized carbons (Fsp3) is 0.190. The van der Waals surface area contributed by atoms with Crippen LogP contribution in [-0.2, 0) is 6.42 Å². The number of aromatic nitrogens is 1. The molecule has 3 aromatic rings. The highest BCUT2D eigenvalue weighted by atomic mass is 32.1. The molecular formula is C21H20N4O2S. The summed E-state index contributed by atoms with van der Waals surface area (Å²) < 4.78 is 10.6. The lowest BCUT2D eigenvalue weighted by molar-refractivity contribution is 0.355. The number of benzene rings is 2. The highest BCUT2D eigenvalue weighted by Crippen LogP contribution is 2.32. The van der Waals surface area contributed by atoms with Gasteiger partial charge in [0.25, 0.3) is 0 Å². The van der Waals surface area contributed by atoms with Crippen LogP contribution in [0.15, 0.2) is 52.9 Å². The van der Waals surface area contributed by atoms with E-state index in [9.17, 15) is 5.26 Å². The molecule has 0 fully saturated rings. The van der Waals surface area contributed by atoms with Crippen molar-refractivity contribution in [1.29, 1.82) is 5.26 Å². The molecule has 0 bridgehead atoms. The molecule has 0 aliphatic carbocycles. The second kappa shape index (κ2) is 9.02. The van der Waals surface area contributed by atoms with Gasteiger partial charge in [-0.25, -0.2) is 4.98 Å². The van der Waals surface area contributed by atoms with Crippen LogP contribution >= 0.6 is 11.3 Å². The summed E-state index contributed by atoms with van der Waals surface area (Å²) in [6.45, 7) is 2.10. The topological polar surface area (TPSA) is 79.5 Å². The molecule has 3 rings (SSSR count). The number of thiazole rings is 1. The third-order valence-corrected chi connectivity index (χ3v) is 5.00. The Kier molecular flexibility index (Phi) is 6.25. The smallest absolute Gasteiger partial charge is 0.196 e. The number of aryl methyl sites for hydroxylation is 1. The second-order valence-electron chi connectivity index (χ2n) is 5.84. The van der Waals surface area contributed by atoms with Gasteiger partial charge in [0, 0.05) is 10.9 Å². The molecule has 0 spiro atoms. The number of rotatable bonds is 7. The summed E-state index contributed by atoms with van der Waals surface area (Å²) in [6.07, 6.45) is 0.977. The molecule has 0 saturated carbocycles. The minimum Gasteiger partial charge on any atom is -0.493 e. The predicted octanol–water partition coefficient (Wildman–Crippen LogP) is 4.73. The minimum atomic E-state index is 0.233. The number of anilines is 1. The zero-order valence-corrected chi connectivity index (χ0v) is 16.7. The van der Waals surface area contributed by atoms with E-state index in [1.807, 2.05) is 47.8 Å². The number of hydrazone groups is 1. The van der Waals surface area contributed by atoms with Gasteiger partial charge in [0.1, 0.15) is 6.07 Å². The van der Waals surface area contributed by atoms with Gasteiger partial charge in [-0.3, -0.25) is 5.43 Å². The van der Waals surface area contributed by atoms with Crippen LogP contribution in [0.25, 0.3) is 11.3 Å². The predicted molar refractivity (Wildman–Crippen MR) is 112 cm³/mol. The number of methoxy groups -OCH3 is 2. The lowest BCUT2D eigenvalue weighted by atomic mass is 10.1. The van der Waals surface area contributed by atoms with E-state index in [4.69, 9.17) is 9.47 Å². The van der Waals surface area contributed by atoms with Crippen molar-refractivity contribution in [3.63, 3.8) is 0 Å². The largest absolute Gasteiger partial charge is 0.493 e. The van der Waals surface area contributed by atoms with Crippen molar-refractivity contribution in [3.05, 3.63) is 58.4 Å². The standard InChI is InChI=1S/C21H20N4O2S/c1-4-14-5-8-16(9-6-14)24-25-17(12-22)21-23-18(13-28-21)15-7-10-19(26-2)20(11-15)27-3/h5-11,13,24H,4H2,1-3H3/b25-17-. The Balaban J connectivity index is 1.81. The van der Waals surface area contributed by atoms with E-state index in [0.717, 1.165) is 23.4 Å². The number of hydrogen-bond acceptors (Lipinski definition) is 7. The average molecular weight is 392 g/mol. The van der Waals surface area contributed by atoms with E-state index in [-0.39, 0.29) is 5.71 Å². The zero-order valence-electron chi connectivity index (χ0n) is 15.9. The fourth-order valence-electron chi connectivity index (χ4n) is 2.57. The lowest BCUT2D eigenvalue weighted by Gasteiger charge is -2.08. The van der Waals surface area contributed by atoms with Crippen LogP contribution in [-0.4, -0.2) is 24.9 Å². The first-order valence-corrected chi connectivity index (χ1v) is 9.57. The first-order valence-electron chi connectivity index (χ1n) is 8.69. The Morgan fingerprint density at radius 2 is 1.89 bits per heavy atom. The van der Waals surface area contributed by atoms with Crippen LogP contribution in [0.2, 0.25) is 0 Å². The van der Waals surface area contributed by atoms with E-state index < -0.39 is 0 Å². The first kappa shape index (κ1) is 19.4. The van der Waals surface area contributed by atoms with Gasteiger partial charge in [-0.2, -0.15) is 10.4 Å². The number of nitrogens with one attached hydrogen (secondary N) is 1. The van der Waals surface area contributed by atoms with Crippen molar-refractivity contribution in [1.82, 2.24) is 4.98 Å². The van der Waals surface area contributed by atoms with E-state index in [1.54, 1.807) is 14.2 Å². The Hall–Kier alpha value is -3.37. The monoisotopic (exact) mass is 392 g/mol. The van der Waals surface area contributed by atoms with Crippen LogP contribution in [0, 0.1) is 11.3 Å². The Morgan fingerprint density at radius 3 is 2.54 bits per heavy atom. The van der Waals surface area contributed by atoms with Gasteiger partial charge >= 0.3 is 0 Å². The Labute approximate surface area is 168 Å². The molecule has 1 aromatic heterocycles. The molecule has 1 heterocycles. The fourth-order valence-corrected chi connectivity index (χ4v) is 3.33. The van der Waals surface area contributed by atoms with Crippen LogP contribution in [0.5, 0.6) is 11.5 Å². The average Bonchev–Trinajstić information content (AvgIpc) is 3.24. The molecular weight excluding hydrogens is 372 g/mol. The Morgan fingerprint density at radius 1 is 1.14 bits per heavy atom. The molecule has 0 saturated heterocycles. The van der Waals surface area contributed by atoms with E-state index in [1.165, 1.54) is 16.9 Å². The summed E-state index contributed by atoms with van der Waals surface area (Å²) >= 11 is 1.37. The Bertz CT molecular complexity index is 1020. The summed E-state index contributed by atoms with van der Waals surface area (Å²) in [5.74, 6) is 1.28. The quantitative estimate of drug-likeness (QED) is 0.464. The molecule has 0 atom stereocenters. The minimum absolute atomic E-state index is 0.233. The van der Waals surface area contributed by atoms with Gasteiger partial charge in [-0.1, -0.05) is 19.1 Å². The highest BCUT2D eigenvalue weighted by Gasteiger charge is 2.12. The normalized spacial score (nSPS) is 11.0. The molecule has 6 nitrogen and oxygen atoms in total. The molecule has 0 unspecified atom stereocenters. The van der Waals surface area contributed by atoms with E-state index >= 15 is 0 Å². The first-order chi connectivity index (χ1) is 13.7. The van der Waals surface area contributed by atoms with E-state index in [0.29, 0.717) is 16.5 Å². The summed E-state index contributed by atoms with van der Waals surface area (Å²) in [5.41, 5.74) is 6.84. The second-order valence-corrected chi connectivity index (χ2v) is 6.70. The molecule has 28 heavy (non-hydrogen) atoms. The van der Waals surface area contributed by atoms with Crippen LogP contribution in [0.1, 0.15) is 17.5 Å². The number of ether oxygens (including phenoxy) is 2. The van der Waals surface area contributed by atoms with Gasteiger partial charge < -0.3 is 9.47 Å². The zero-order chi connectivity index (χ0) is 19.9. The molecule has 0 amide bonds. The maximum Gasteiger partial charge on any atom is 0.196 e. The molecule has 0 aliphatic heterocycles. The maximum absolute atomic E-state index is 9.48. The van der Waals surface area contributed by atoms with Crippen molar-refractivity contribution in [2.24, 2.45) is 5.10 Å². The lowest BCUT2D eigenvalue weighted by Crippen LogP contribution is -2.01. The third-order valence-electron chi connectivity index (χ3n) is 4.15. The summed E-state index contributed by atoms with van der Waals surface area (Å²) in [7, 11) is 3.18. The molecule has 0 aliphatic rings. The van der Waals surface area contributed by atoms with Crippen LogP contribution in [0.4, 0.5) is 5.69 Å². The molecule has 2 aromatic carbocycles. The SMILES string of the molecule is CCc1ccc(N/N=C(/C#N)c2nc(-c3ccc(OC)c(OC)c3)cs2)cc1. The van der Waals surface area contributed by atoms with Gasteiger partial charge in [0.15, 0.2) is 22.2 Å². The van der Waals surface area contributed by atoms with Crippen molar-refractivity contribution >= 4 is 22.7 Å². The summed E-state index contributed by atoms with van der Waals surface area (Å²) in [5, 5.41) is 16.1.